The third-order valence-corrected chi connectivity index (χ3v) is 4.42. The first kappa shape index (κ1) is 17.9. The molecule has 136 valence electrons. The fourth-order valence-corrected chi connectivity index (χ4v) is 2.97. The maximum Gasteiger partial charge on any atom is 0.270 e. The van der Waals surface area contributed by atoms with Crippen molar-refractivity contribution < 1.29 is 14.3 Å². The summed E-state index contributed by atoms with van der Waals surface area (Å²) in [6.45, 7) is 1.47. The van der Waals surface area contributed by atoms with Gasteiger partial charge >= 0.3 is 0 Å². The van der Waals surface area contributed by atoms with Crippen molar-refractivity contribution in [1.29, 1.82) is 0 Å². The molecule has 1 aromatic carbocycles. The predicted octanol–water partition coefficient (Wildman–Crippen LogP) is 2.87. The Labute approximate surface area is 153 Å². The van der Waals surface area contributed by atoms with E-state index < -0.39 is 0 Å². The Hall–Kier alpha value is -2.86. The molecule has 0 saturated heterocycles. The van der Waals surface area contributed by atoms with Gasteiger partial charge in [-0.25, -0.2) is 0 Å². The highest BCUT2D eigenvalue weighted by Gasteiger charge is 2.20. The minimum Gasteiger partial charge on any atom is -0.497 e. The van der Waals surface area contributed by atoms with Gasteiger partial charge in [-0.1, -0.05) is 6.07 Å². The average Bonchev–Trinajstić information content (AvgIpc) is 3.01. The highest BCUT2D eigenvalue weighted by Crippen LogP contribution is 2.24. The summed E-state index contributed by atoms with van der Waals surface area (Å²) in [4.78, 5) is 19.1. The van der Waals surface area contributed by atoms with E-state index in [0.717, 1.165) is 22.2 Å². The smallest absolute Gasteiger partial charge is 0.270 e. The van der Waals surface area contributed by atoms with Gasteiger partial charge in [-0.05, 0) is 29.8 Å². The summed E-state index contributed by atoms with van der Waals surface area (Å²) in [5, 5.41) is 1.00. The number of ether oxygens (including phenoxy) is 2. The number of aromatic nitrogens is 2. The van der Waals surface area contributed by atoms with Gasteiger partial charge in [0.05, 0.1) is 19.2 Å². The van der Waals surface area contributed by atoms with Crippen molar-refractivity contribution in [1.82, 2.24) is 14.5 Å². The summed E-state index contributed by atoms with van der Waals surface area (Å²) in [5.74, 6) is 0.730. The second-order valence-electron chi connectivity index (χ2n) is 6.09. The number of hydrogen-bond donors (Lipinski definition) is 0. The van der Waals surface area contributed by atoms with Gasteiger partial charge in [0.25, 0.3) is 5.91 Å². The molecule has 0 unspecified atom stereocenters. The van der Waals surface area contributed by atoms with Crippen molar-refractivity contribution in [2.75, 3.05) is 27.4 Å². The summed E-state index contributed by atoms with van der Waals surface area (Å²) in [6, 6.07) is 11.6. The largest absolute Gasteiger partial charge is 0.497 e. The molecule has 2 aromatic heterocycles. The minimum atomic E-state index is -0.0384. The van der Waals surface area contributed by atoms with Crippen LogP contribution in [0.3, 0.4) is 0 Å². The van der Waals surface area contributed by atoms with Crippen LogP contribution in [0.4, 0.5) is 0 Å². The number of carbonyl (C=O) groups is 1. The molecule has 2 heterocycles. The summed E-state index contributed by atoms with van der Waals surface area (Å²) < 4.78 is 12.4. The summed E-state index contributed by atoms with van der Waals surface area (Å²) in [6.07, 6.45) is 3.50. The zero-order valence-corrected chi connectivity index (χ0v) is 15.3. The molecule has 0 atom stereocenters. The molecule has 0 aliphatic rings. The first-order chi connectivity index (χ1) is 12.6. The Balaban J connectivity index is 1.92. The van der Waals surface area contributed by atoms with Crippen molar-refractivity contribution in [3.8, 4) is 5.75 Å². The fourth-order valence-electron chi connectivity index (χ4n) is 2.97. The Bertz CT molecular complexity index is 890. The molecule has 0 aliphatic heterocycles. The summed E-state index contributed by atoms with van der Waals surface area (Å²) in [5.41, 5.74) is 2.58. The Morgan fingerprint density at radius 2 is 2.08 bits per heavy atom. The van der Waals surface area contributed by atoms with Gasteiger partial charge in [0.1, 0.15) is 11.4 Å². The van der Waals surface area contributed by atoms with Gasteiger partial charge < -0.3 is 18.9 Å². The van der Waals surface area contributed by atoms with Gasteiger partial charge in [0, 0.05) is 51.1 Å². The van der Waals surface area contributed by atoms with Crippen molar-refractivity contribution in [2.45, 2.75) is 6.54 Å². The number of nitrogens with zero attached hydrogens (tertiary/aromatic N) is 3. The molecule has 0 radical (unpaired) electrons. The number of aryl methyl sites for hydroxylation is 1. The van der Waals surface area contributed by atoms with Crippen LogP contribution in [-0.4, -0.2) is 47.7 Å². The van der Waals surface area contributed by atoms with Gasteiger partial charge in [-0.3, -0.25) is 9.78 Å². The highest BCUT2D eigenvalue weighted by molar-refractivity contribution is 5.99. The molecule has 6 heteroatoms. The molecule has 26 heavy (non-hydrogen) atoms. The van der Waals surface area contributed by atoms with Gasteiger partial charge in [0.15, 0.2) is 0 Å². The van der Waals surface area contributed by atoms with Crippen molar-refractivity contribution in [2.24, 2.45) is 7.05 Å². The van der Waals surface area contributed by atoms with E-state index in [4.69, 9.17) is 9.47 Å². The zero-order chi connectivity index (χ0) is 18.5. The normalized spacial score (nSPS) is 10.9. The lowest BCUT2D eigenvalue weighted by atomic mass is 10.2. The van der Waals surface area contributed by atoms with E-state index in [9.17, 15) is 4.79 Å². The summed E-state index contributed by atoms with van der Waals surface area (Å²) >= 11 is 0. The fraction of sp³-hybridized carbons (Fsp3) is 0.300. The lowest BCUT2D eigenvalue weighted by Crippen LogP contribution is -2.34. The number of amides is 1. The average molecular weight is 353 g/mol. The van der Waals surface area contributed by atoms with Gasteiger partial charge in [0.2, 0.25) is 0 Å². The Kier molecular flexibility index (Phi) is 5.53. The SMILES string of the molecule is COCCN(Cc1cccnc1)C(=O)c1cc2ccc(OC)cc2n1C. The van der Waals surface area contributed by atoms with Crippen LogP contribution < -0.4 is 4.74 Å². The molecule has 0 bridgehead atoms. The van der Waals surface area contributed by atoms with Crippen LogP contribution in [0.2, 0.25) is 0 Å². The third kappa shape index (κ3) is 3.70. The van der Waals surface area contributed by atoms with E-state index in [1.807, 2.05) is 48.0 Å². The second kappa shape index (κ2) is 8.01. The van der Waals surface area contributed by atoms with E-state index in [0.29, 0.717) is 25.4 Å². The lowest BCUT2D eigenvalue weighted by Gasteiger charge is -2.22. The molecule has 3 aromatic rings. The molecule has 0 aliphatic carbocycles. The van der Waals surface area contributed by atoms with Crippen molar-refractivity contribution in [3.63, 3.8) is 0 Å². The quantitative estimate of drug-likeness (QED) is 0.655. The van der Waals surface area contributed by atoms with Crippen LogP contribution in [-0.2, 0) is 18.3 Å². The molecule has 0 spiro atoms. The van der Waals surface area contributed by atoms with E-state index >= 15 is 0 Å². The standard InChI is InChI=1S/C20H23N3O3/c1-22-18-12-17(26-3)7-6-16(18)11-19(22)20(24)23(9-10-25-2)14-15-5-4-8-21-13-15/h4-8,11-13H,9-10,14H2,1-3H3. The van der Waals surface area contributed by atoms with E-state index in [1.165, 1.54) is 0 Å². The number of pyridine rings is 1. The van der Waals surface area contributed by atoms with E-state index in [-0.39, 0.29) is 5.91 Å². The van der Waals surface area contributed by atoms with Crippen LogP contribution in [0.25, 0.3) is 10.9 Å². The zero-order valence-electron chi connectivity index (χ0n) is 15.3. The first-order valence-corrected chi connectivity index (χ1v) is 8.44. The number of methoxy groups -OCH3 is 2. The predicted molar refractivity (Wildman–Crippen MR) is 100 cm³/mol. The van der Waals surface area contributed by atoms with Gasteiger partial charge in [-0.15, -0.1) is 0 Å². The molecule has 0 N–H and O–H groups in total. The van der Waals surface area contributed by atoms with E-state index in [2.05, 4.69) is 4.98 Å². The Morgan fingerprint density at radius 1 is 1.23 bits per heavy atom. The Morgan fingerprint density at radius 3 is 2.77 bits per heavy atom. The first-order valence-electron chi connectivity index (χ1n) is 8.44. The maximum atomic E-state index is 13.2. The van der Waals surface area contributed by atoms with Crippen LogP contribution >= 0.6 is 0 Å². The molecule has 0 saturated carbocycles. The van der Waals surface area contributed by atoms with Crippen molar-refractivity contribution in [3.05, 3.63) is 60.0 Å². The molecule has 6 nitrogen and oxygen atoms in total. The minimum absolute atomic E-state index is 0.0384. The van der Waals surface area contributed by atoms with E-state index in [1.54, 1.807) is 31.5 Å². The number of benzene rings is 1. The molecule has 1 amide bonds. The lowest BCUT2D eigenvalue weighted by molar-refractivity contribution is 0.0671. The summed E-state index contributed by atoms with van der Waals surface area (Å²) in [7, 11) is 5.17. The highest BCUT2D eigenvalue weighted by atomic mass is 16.5. The van der Waals surface area contributed by atoms with Crippen LogP contribution in [0.1, 0.15) is 16.1 Å². The topological polar surface area (TPSA) is 56.6 Å². The number of fused-ring (bicyclic) bond motifs is 1. The molecular formula is C20H23N3O3. The molecule has 0 fully saturated rings. The number of hydrogen-bond acceptors (Lipinski definition) is 4. The van der Waals surface area contributed by atoms with Crippen molar-refractivity contribution >= 4 is 16.8 Å². The second-order valence-corrected chi connectivity index (χ2v) is 6.09. The van der Waals surface area contributed by atoms with Crippen LogP contribution in [0.15, 0.2) is 48.8 Å². The van der Waals surface area contributed by atoms with Crippen LogP contribution in [0, 0.1) is 0 Å². The van der Waals surface area contributed by atoms with Crippen LogP contribution in [0.5, 0.6) is 5.75 Å². The molecular weight excluding hydrogens is 330 g/mol. The third-order valence-electron chi connectivity index (χ3n) is 4.42. The van der Waals surface area contributed by atoms with Gasteiger partial charge in [-0.2, -0.15) is 0 Å². The molecule has 3 rings (SSSR count). The monoisotopic (exact) mass is 353 g/mol. The number of rotatable bonds is 7. The maximum absolute atomic E-state index is 13.2. The number of carbonyl (C=O) groups excluding carboxylic acids is 1.